The van der Waals surface area contributed by atoms with Crippen LogP contribution in [0.2, 0.25) is 0 Å². The molecule has 234 valence electrons. The van der Waals surface area contributed by atoms with E-state index < -0.39 is 0 Å². The molecule has 0 fully saturated rings. The van der Waals surface area contributed by atoms with Crippen LogP contribution >= 0.6 is 0 Å². The molecule has 0 N–H and O–H groups in total. The number of imide groups is 1. The maximum atomic E-state index is 13.6. The molecule has 6 aromatic rings. The third kappa shape index (κ3) is 5.78. The van der Waals surface area contributed by atoms with Crippen LogP contribution in [-0.2, 0) is 9.59 Å². The van der Waals surface area contributed by atoms with Gasteiger partial charge in [-0.2, -0.15) is 0 Å². The number of anilines is 6. The molecule has 5 heteroatoms. The monoisotopic (exact) mass is 625 g/mol. The van der Waals surface area contributed by atoms with E-state index in [-0.39, 0.29) is 11.8 Å². The van der Waals surface area contributed by atoms with Gasteiger partial charge in [0.1, 0.15) is 0 Å². The summed E-state index contributed by atoms with van der Waals surface area (Å²) in [7, 11) is 1.55. The Bertz CT molecular complexity index is 1980. The molecule has 0 atom stereocenters. The summed E-state index contributed by atoms with van der Waals surface area (Å²) in [6, 6.07) is 52.9. The topological polar surface area (TPSA) is 43.9 Å². The lowest BCUT2D eigenvalue weighted by molar-refractivity contribution is -0.134. The van der Waals surface area contributed by atoms with Crippen molar-refractivity contribution >= 4 is 57.1 Å². The van der Waals surface area contributed by atoms with Crippen LogP contribution < -0.4 is 9.80 Å². The number of hydrogen-bond acceptors (Lipinski definition) is 4. The predicted molar refractivity (Wildman–Crippen MR) is 196 cm³/mol. The summed E-state index contributed by atoms with van der Waals surface area (Å²) in [6.45, 7) is 4.16. The molecule has 6 aromatic carbocycles. The van der Waals surface area contributed by atoms with Crippen molar-refractivity contribution in [3.63, 3.8) is 0 Å². The fraction of sp³-hybridized carbons (Fsp3) is 0.0698. The number of aryl methyl sites for hydroxylation is 2. The van der Waals surface area contributed by atoms with Gasteiger partial charge in [0, 0.05) is 41.2 Å². The van der Waals surface area contributed by atoms with Crippen molar-refractivity contribution in [1.29, 1.82) is 0 Å². The summed E-state index contributed by atoms with van der Waals surface area (Å²) in [5, 5.41) is 0. The summed E-state index contributed by atoms with van der Waals surface area (Å²) in [5.41, 5.74) is 10.6. The highest BCUT2D eigenvalue weighted by Gasteiger charge is 2.37. The van der Waals surface area contributed by atoms with E-state index in [0.717, 1.165) is 45.3 Å². The second-order valence-corrected chi connectivity index (χ2v) is 12.0. The lowest BCUT2D eigenvalue weighted by atomic mass is 9.95. The minimum absolute atomic E-state index is 0.309. The van der Waals surface area contributed by atoms with Gasteiger partial charge in [0.15, 0.2) is 0 Å². The molecule has 1 aliphatic heterocycles. The fourth-order valence-corrected chi connectivity index (χ4v) is 6.31. The Hall–Kier alpha value is -6.20. The maximum absolute atomic E-state index is 13.6. The molecule has 1 heterocycles. The third-order valence-corrected chi connectivity index (χ3v) is 8.66. The Morgan fingerprint density at radius 1 is 0.396 bits per heavy atom. The molecule has 0 aromatic heterocycles. The zero-order valence-electron chi connectivity index (χ0n) is 27.2. The van der Waals surface area contributed by atoms with Crippen LogP contribution in [-0.4, -0.2) is 23.8 Å². The van der Waals surface area contributed by atoms with Crippen molar-refractivity contribution in [2.24, 2.45) is 0 Å². The molecule has 0 bridgehead atoms. The highest BCUT2D eigenvalue weighted by molar-refractivity contribution is 6.48. The lowest BCUT2D eigenvalue weighted by Gasteiger charge is -2.26. The maximum Gasteiger partial charge on any atom is 0.261 e. The number of amides is 2. The van der Waals surface area contributed by atoms with E-state index in [1.807, 2.05) is 84.9 Å². The zero-order chi connectivity index (χ0) is 33.2. The van der Waals surface area contributed by atoms with E-state index in [1.165, 1.54) is 4.90 Å². The van der Waals surface area contributed by atoms with Crippen LogP contribution in [0.4, 0.5) is 34.1 Å². The highest BCUT2D eigenvalue weighted by Crippen LogP contribution is 2.40. The summed E-state index contributed by atoms with van der Waals surface area (Å²) in [5.74, 6) is -0.618. The lowest BCUT2D eigenvalue weighted by Crippen LogP contribution is -2.26. The second kappa shape index (κ2) is 12.9. The Balaban J connectivity index is 1.28. The summed E-state index contributed by atoms with van der Waals surface area (Å²) < 4.78 is 0. The molecular weight excluding hydrogens is 590 g/mol. The first-order valence-electron chi connectivity index (χ1n) is 16.0. The van der Waals surface area contributed by atoms with Crippen molar-refractivity contribution < 1.29 is 9.59 Å². The van der Waals surface area contributed by atoms with Crippen LogP contribution in [0.15, 0.2) is 158 Å². The highest BCUT2D eigenvalue weighted by atomic mass is 16.2. The summed E-state index contributed by atoms with van der Waals surface area (Å²) >= 11 is 0. The normalized spacial score (nSPS) is 12.9. The number of para-hydroxylation sites is 2. The number of rotatable bonds is 8. The molecule has 7 rings (SSSR count). The molecule has 5 nitrogen and oxygen atoms in total. The van der Waals surface area contributed by atoms with Gasteiger partial charge >= 0.3 is 0 Å². The van der Waals surface area contributed by atoms with Gasteiger partial charge in [0.2, 0.25) is 0 Å². The third-order valence-electron chi connectivity index (χ3n) is 8.66. The van der Waals surface area contributed by atoms with Crippen LogP contribution in [0.1, 0.15) is 22.3 Å². The minimum Gasteiger partial charge on any atom is -0.310 e. The summed E-state index contributed by atoms with van der Waals surface area (Å²) in [6.07, 6.45) is 0. The number of nitrogens with zero attached hydrogens (tertiary/aromatic N) is 3. The molecule has 0 saturated heterocycles. The molecule has 0 saturated carbocycles. The number of carbonyl (C=O) groups is 2. The average Bonchev–Trinajstić information content (AvgIpc) is 3.34. The van der Waals surface area contributed by atoms with E-state index in [4.69, 9.17) is 0 Å². The molecule has 0 aliphatic carbocycles. The second-order valence-electron chi connectivity index (χ2n) is 12.0. The fourth-order valence-electron chi connectivity index (χ4n) is 6.31. The number of likely N-dealkylation sites (N-methyl/N-ethyl adjacent to an activating group) is 1. The van der Waals surface area contributed by atoms with Crippen molar-refractivity contribution in [3.8, 4) is 0 Å². The molecule has 48 heavy (non-hydrogen) atoms. The van der Waals surface area contributed by atoms with E-state index in [9.17, 15) is 9.59 Å². The predicted octanol–water partition coefficient (Wildman–Crippen LogP) is 10.2. The van der Waals surface area contributed by atoms with Crippen molar-refractivity contribution in [2.75, 3.05) is 16.8 Å². The smallest absolute Gasteiger partial charge is 0.261 e. The molecule has 0 spiro atoms. The van der Waals surface area contributed by atoms with E-state index >= 15 is 0 Å². The van der Waals surface area contributed by atoms with Gasteiger partial charge in [-0.3, -0.25) is 14.5 Å². The molecular formula is C43H35N3O2. The van der Waals surface area contributed by atoms with Crippen LogP contribution in [0.25, 0.3) is 11.1 Å². The molecule has 2 amide bonds. The SMILES string of the molecule is Cc1cccc(N(c2ccccc2)c2ccc(C3=C(c4ccc(N(c5ccccc5)c5cccc(C)c5)cc4)C(=O)N(C)C3=O)cc2)c1. The van der Waals surface area contributed by atoms with Crippen molar-refractivity contribution in [1.82, 2.24) is 4.90 Å². The molecule has 0 radical (unpaired) electrons. The largest absolute Gasteiger partial charge is 0.310 e. The van der Waals surface area contributed by atoms with Gasteiger partial charge < -0.3 is 9.80 Å². The van der Waals surface area contributed by atoms with Crippen LogP contribution in [0.5, 0.6) is 0 Å². The number of benzene rings is 6. The Labute approximate surface area is 281 Å². The Morgan fingerprint density at radius 3 is 1.08 bits per heavy atom. The van der Waals surface area contributed by atoms with E-state index in [0.29, 0.717) is 22.3 Å². The standard InChI is InChI=1S/C43H35N3O2/c1-30-12-10-18-38(28-30)45(34-14-6-4-7-15-34)36-24-20-32(21-25-36)40-41(43(48)44(3)42(40)47)33-22-26-37(27-23-33)46(35-16-8-5-9-17-35)39-19-11-13-31(2)29-39/h4-29H,1-3H3. The zero-order valence-corrected chi connectivity index (χ0v) is 27.2. The minimum atomic E-state index is -0.309. The van der Waals surface area contributed by atoms with Crippen molar-refractivity contribution in [3.05, 3.63) is 180 Å². The first-order chi connectivity index (χ1) is 23.4. The average molecular weight is 626 g/mol. The van der Waals surface area contributed by atoms with Crippen LogP contribution in [0.3, 0.4) is 0 Å². The summed E-state index contributed by atoms with van der Waals surface area (Å²) in [4.78, 5) is 32.8. The molecule has 1 aliphatic rings. The van der Waals surface area contributed by atoms with E-state index in [2.05, 4.69) is 96.4 Å². The Morgan fingerprint density at radius 2 is 0.729 bits per heavy atom. The van der Waals surface area contributed by atoms with Gasteiger partial charge in [0.25, 0.3) is 11.8 Å². The van der Waals surface area contributed by atoms with Gasteiger partial charge in [-0.25, -0.2) is 0 Å². The number of carbonyl (C=O) groups excluding carboxylic acids is 2. The first-order valence-corrected chi connectivity index (χ1v) is 16.0. The quantitative estimate of drug-likeness (QED) is 0.158. The Kier molecular flexibility index (Phi) is 8.18. The van der Waals surface area contributed by atoms with Gasteiger partial charge in [-0.15, -0.1) is 0 Å². The van der Waals surface area contributed by atoms with Gasteiger partial charge in [-0.1, -0.05) is 84.9 Å². The first kappa shape index (κ1) is 30.5. The van der Waals surface area contributed by atoms with Crippen LogP contribution in [0, 0.1) is 13.8 Å². The van der Waals surface area contributed by atoms with Gasteiger partial charge in [0.05, 0.1) is 11.1 Å². The van der Waals surface area contributed by atoms with E-state index in [1.54, 1.807) is 7.05 Å². The van der Waals surface area contributed by atoms with Gasteiger partial charge in [-0.05, 0) is 109 Å². The number of hydrogen-bond donors (Lipinski definition) is 0. The van der Waals surface area contributed by atoms with Crippen molar-refractivity contribution in [2.45, 2.75) is 13.8 Å². The molecule has 0 unspecified atom stereocenters.